The number of aliphatic carboxylic acids is 1. The molecule has 0 aromatic heterocycles. The number of carbonyl (C=O) groups excluding carboxylic acids is 1. The number of carbonyl (C=O) groups is 2. The molecule has 20 heavy (non-hydrogen) atoms. The van der Waals surface area contributed by atoms with Gasteiger partial charge in [0.25, 0.3) is 0 Å². The summed E-state index contributed by atoms with van der Waals surface area (Å²) in [6.07, 6.45) is 0. The van der Waals surface area contributed by atoms with Crippen molar-refractivity contribution in [2.75, 3.05) is 23.6 Å². The zero-order valence-electron chi connectivity index (χ0n) is 10.8. The van der Waals surface area contributed by atoms with Crippen molar-refractivity contribution in [2.45, 2.75) is 6.04 Å². The van der Waals surface area contributed by atoms with Gasteiger partial charge in [0.05, 0.1) is 17.1 Å². The normalized spacial score (nSPS) is 17.6. The van der Waals surface area contributed by atoms with E-state index >= 15 is 0 Å². The van der Waals surface area contributed by atoms with Crippen molar-refractivity contribution >= 4 is 29.4 Å². The van der Waals surface area contributed by atoms with Crippen LogP contribution in [0.5, 0.6) is 0 Å². The fraction of sp³-hybridized carbons (Fsp3) is 0.308. The van der Waals surface area contributed by atoms with Crippen LogP contribution in [0.25, 0.3) is 0 Å². The van der Waals surface area contributed by atoms with E-state index in [9.17, 15) is 9.59 Å². The average molecular weight is 291 g/mol. The van der Waals surface area contributed by atoms with Gasteiger partial charge < -0.3 is 10.0 Å². The molecule has 1 fully saturated rings. The van der Waals surface area contributed by atoms with Crippen LogP contribution in [0.4, 0.5) is 10.5 Å². The second-order valence-corrected chi connectivity index (χ2v) is 5.29. The molecule has 7 heteroatoms. The molecule has 0 aliphatic carbocycles. The van der Waals surface area contributed by atoms with E-state index in [1.54, 1.807) is 31.3 Å². The van der Waals surface area contributed by atoms with E-state index in [0.29, 0.717) is 22.9 Å². The fourth-order valence-corrected chi connectivity index (χ4v) is 3.13. The number of thioether (sulfide) groups is 1. The van der Waals surface area contributed by atoms with Crippen molar-refractivity contribution in [2.24, 2.45) is 0 Å². The highest BCUT2D eigenvalue weighted by molar-refractivity contribution is 7.99. The average Bonchev–Trinajstić information content (AvgIpc) is 2.95. The molecule has 1 aliphatic rings. The maximum Gasteiger partial charge on any atom is 0.327 e. The van der Waals surface area contributed by atoms with Crippen LogP contribution in [0.15, 0.2) is 24.3 Å². The molecule has 1 aromatic rings. The number of urea groups is 1. The van der Waals surface area contributed by atoms with Crippen molar-refractivity contribution in [1.82, 2.24) is 4.90 Å². The van der Waals surface area contributed by atoms with Gasteiger partial charge in [0.1, 0.15) is 12.1 Å². The number of amides is 2. The van der Waals surface area contributed by atoms with Gasteiger partial charge in [0.2, 0.25) is 0 Å². The summed E-state index contributed by atoms with van der Waals surface area (Å²) in [5.74, 6) is -0.283. The Morgan fingerprint density at radius 1 is 1.50 bits per heavy atom. The summed E-state index contributed by atoms with van der Waals surface area (Å²) in [6.45, 7) is 0. The molecule has 6 nitrogen and oxygen atoms in total. The predicted octanol–water partition coefficient (Wildman–Crippen LogP) is 1.57. The highest BCUT2D eigenvalue weighted by atomic mass is 32.2. The third-order valence-electron chi connectivity index (χ3n) is 3.09. The van der Waals surface area contributed by atoms with Gasteiger partial charge in [0, 0.05) is 12.8 Å². The van der Waals surface area contributed by atoms with Crippen LogP contribution in [0.2, 0.25) is 0 Å². The Bertz CT molecular complexity index is 584. The first-order valence-corrected chi connectivity index (χ1v) is 7.05. The highest BCUT2D eigenvalue weighted by Gasteiger charge is 2.36. The third kappa shape index (κ3) is 2.56. The first-order chi connectivity index (χ1) is 9.56. The number of anilines is 1. The predicted molar refractivity (Wildman–Crippen MR) is 75.5 cm³/mol. The first kappa shape index (κ1) is 14.2. The fourth-order valence-electron chi connectivity index (χ4n) is 1.99. The summed E-state index contributed by atoms with van der Waals surface area (Å²) in [4.78, 5) is 26.1. The molecule has 2 rings (SSSR count). The number of hydrogen-bond donors (Lipinski definition) is 1. The zero-order valence-corrected chi connectivity index (χ0v) is 11.6. The van der Waals surface area contributed by atoms with Crippen LogP contribution >= 0.6 is 11.8 Å². The van der Waals surface area contributed by atoms with Gasteiger partial charge >= 0.3 is 12.0 Å². The number of hydrogen-bond acceptors (Lipinski definition) is 4. The molecule has 1 aliphatic heterocycles. The molecule has 0 radical (unpaired) electrons. The number of rotatable bonds is 2. The molecule has 2 amide bonds. The quantitative estimate of drug-likeness (QED) is 0.894. The van der Waals surface area contributed by atoms with Gasteiger partial charge in [-0.1, -0.05) is 12.1 Å². The molecule has 1 saturated heterocycles. The second kappa shape index (κ2) is 5.84. The molecule has 1 atom stereocenters. The smallest absolute Gasteiger partial charge is 0.327 e. The van der Waals surface area contributed by atoms with Crippen molar-refractivity contribution in [3.05, 3.63) is 29.8 Å². The highest BCUT2D eigenvalue weighted by Crippen LogP contribution is 2.25. The largest absolute Gasteiger partial charge is 0.480 e. The molecule has 0 saturated carbocycles. The van der Waals surface area contributed by atoms with Gasteiger partial charge in [-0.25, -0.2) is 9.59 Å². The lowest BCUT2D eigenvalue weighted by atomic mass is 10.2. The van der Waals surface area contributed by atoms with E-state index in [1.165, 1.54) is 21.6 Å². The van der Waals surface area contributed by atoms with Crippen LogP contribution in [0, 0.1) is 11.3 Å². The SMILES string of the molecule is CN(C(=O)N1CSC[C@H]1C(=O)O)c1ccccc1C#N. The Labute approximate surface area is 120 Å². The molecule has 104 valence electrons. The minimum atomic E-state index is -1.01. The molecule has 0 unspecified atom stereocenters. The Kier molecular flexibility index (Phi) is 4.15. The standard InChI is InChI=1S/C13H13N3O3S/c1-15(10-5-3-2-4-9(10)6-14)13(19)16-8-20-7-11(16)12(17)18/h2-5,11H,7-8H2,1H3,(H,17,18)/t11-/m0/s1. The lowest BCUT2D eigenvalue weighted by Gasteiger charge is -2.27. The summed E-state index contributed by atoms with van der Waals surface area (Å²) >= 11 is 1.40. The molecule has 1 aromatic carbocycles. The zero-order chi connectivity index (χ0) is 14.7. The second-order valence-electron chi connectivity index (χ2n) is 4.29. The summed E-state index contributed by atoms with van der Waals surface area (Å²) in [5, 5.41) is 18.2. The third-order valence-corrected chi connectivity index (χ3v) is 4.10. The molecular weight excluding hydrogens is 278 g/mol. The number of benzene rings is 1. The molecule has 0 bridgehead atoms. The summed E-state index contributed by atoms with van der Waals surface area (Å²) in [6, 6.07) is 7.52. The van der Waals surface area contributed by atoms with Gasteiger partial charge in [-0.15, -0.1) is 11.8 Å². The van der Waals surface area contributed by atoms with Gasteiger partial charge in [-0.3, -0.25) is 4.90 Å². The van der Waals surface area contributed by atoms with E-state index in [1.807, 2.05) is 6.07 Å². The number of carboxylic acid groups (broad SMARTS) is 1. The van der Waals surface area contributed by atoms with Crippen molar-refractivity contribution in [1.29, 1.82) is 5.26 Å². The van der Waals surface area contributed by atoms with E-state index in [0.717, 1.165) is 0 Å². The summed E-state index contributed by atoms with van der Waals surface area (Å²) in [7, 11) is 1.54. The number of nitrogens with zero attached hydrogens (tertiary/aromatic N) is 3. The maximum atomic E-state index is 12.4. The monoisotopic (exact) mass is 291 g/mol. The number of nitriles is 1. The minimum absolute atomic E-state index is 0.342. The van der Waals surface area contributed by atoms with Gasteiger partial charge in [-0.2, -0.15) is 5.26 Å². The van der Waals surface area contributed by atoms with Crippen LogP contribution < -0.4 is 4.90 Å². The van der Waals surface area contributed by atoms with E-state index in [2.05, 4.69) is 0 Å². The van der Waals surface area contributed by atoms with Crippen LogP contribution in [0.3, 0.4) is 0 Å². The van der Waals surface area contributed by atoms with Gasteiger partial charge in [-0.05, 0) is 12.1 Å². The molecular formula is C13H13N3O3S. The van der Waals surface area contributed by atoms with Crippen LogP contribution in [-0.2, 0) is 4.79 Å². The Morgan fingerprint density at radius 3 is 2.85 bits per heavy atom. The lowest BCUT2D eigenvalue weighted by molar-refractivity contribution is -0.140. The number of carboxylic acids is 1. The topological polar surface area (TPSA) is 84.6 Å². The Balaban J connectivity index is 2.25. The van der Waals surface area contributed by atoms with Gasteiger partial charge in [0.15, 0.2) is 0 Å². The molecule has 1 N–H and O–H groups in total. The maximum absolute atomic E-state index is 12.4. The van der Waals surface area contributed by atoms with E-state index in [-0.39, 0.29) is 0 Å². The molecule has 1 heterocycles. The number of para-hydroxylation sites is 1. The van der Waals surface area contributed by atoms with E-state index < -0.39 is 18.0 Å². The van der Waals surface area contributed by atoms with Crippen molar-refractivity contribution in [3.8, 4) is 6.07 Å². The first-order valence-electron chi connectivity index (χ1n) is 5.90. The molecule has 0 spiro atoms. The summed E-state index contributed by atoms with van der Waals surface area (Å²) in [5.41, 5.74) is 0.850. The summed E-state index contributed by atoms with van der Waals surface area (Å²) < 4.78 is 0. The van der Waals surface area contributed by atoms with Crippen LogP contribution in [-0.4, -0.2) is 46.7 Å². The van der Waals surface area contributed by atoms with E-state index in [4.69, 9.17) is 10.4 Å². The Hall–Kier alpha value is -2.20. The van der Waals surface area contributed by atoms with Crippen molar-refractivity contribution < 1.29 is 14.7 Å². The van der Waals surface area contributed by atoms with Crippen LogP contribution in [0.1, 0.15) is 5.56 Å². The minimum Gasteiger partial charge on any atom is -0.480 e. The Morgan fingerprint density at radius 2 is 2.20 bits per heavy atom. The lowest BCUT2D eigenvalue weighted by Crippen LogP contribution is -2.47. The van der Waals surface area contributed by atoms with Crippen molar-refractivity contribution in [3.63, 3.8) is 0 Å².